The van der Waals surface area contributed by atoms with Crippen LogP contribution in [-0.4, -0.2) is 34.0 Å². The molecule has 0 aliphatic carbocycles. The van der Waals surface area contributed by atoms with E-state index in [0.29, 0.717) is 12.6 Å². The van der Waals surface area contributed by atoms with Crippen LogP contribution in [0.1, 0.15) is 32.0 Å². The minimum atomic E-state index is 0.239. The smallest absolute Gasteiger partial charge is 0.115 e. The van der Waals surface area contributed by atoms with Crippen LogP contribution in [0, 0.1) is 5.92 Å². The minimum absolute atomic E-state index is 0.239. The van der Waals surface area contributed by atoms with Gasteiger partial charge in [0.2, 0.25) is 0 Å². The second-order valence-corrected chi connectivity index (χ2v) is 4.77. The third-order valence-corrected chi connectivity index (χ3v) is 3.40. The first-order chi connectivity index (χ1) is 7.72. The van der Waals surface area contributed by atoms with Gasteiger partial charge in [0.1, 0.15) is 6.33 Å². The van der Waals surface area contributed by atoms with Gasteiger partial charge in [-0.15, -0.1) is 0 Å². The maximum absolute atomic E-state index is 5.89. The molecule has 3 unspecified atom stereocenters. The zero-order valence-corrected chi connectivity index (χ0v) is 10.0. The summed E-state index contributed by atoms with van der Waals surface area (Å²) in [6.07, 6.45) is 4.64. The quantitative estimate of drug-likeness (QED) is 0.832. The number of nitrogens with two attached hydrogens (primary N) is 1. The van der Waals surface area contributed by atoms with E-state index in [0.717, 1.165) is 18.2 Å². The third-order valence-electron chi connectivity index (χ3n) is 3.40. The topological polar surface area (TPSA) is 55.0 Å². The Balaban J connectivity index is 2.17. The van der Waals surface area contributed by atoms with Crippen molar-refractivity contribution in [3.8, 4) is 0 Å². The fraction of sp³-hybridized carbons (Fsp3) is 0.667. The molecular formula is C12H20N4. The Labute approximate surface area is 96.9 Å². The van der Waals surface area contributed by atoms with Gasteiger partial charge in [-0.05, 0) is 25.3 Å². The number of aromatic nitrogens is 2. The van der Waals surface area contributed by atoms with Crippen LogP contribution in [0.25, 0.3) is 0 Å². The lowest BCUT2D eigenvalue weighted by atomic mass is 10.1. The molecule has 0 aromatic carbocycles. The number of nitrogens with zero attached hydrogens (tertiary/aromatic N) is 3. The van der Waals surface area contributed by atoms with Gasteiger partial charge in [-0.1, -0.05) is 6.92 Å². The highest BCUT2D eigenvalue weighted by Gasteiger charge is 2.32. The molecule has 0 radical (unpaired) electrons. The van der Waals surface area contributed by atoms with Gasteiger partial charge in [0.15, 0.2) is 0 Å². The molecular weight excluding hydrogens is 200 g/mol. The van der Waals surface area contributed by atoms with Crippen molar-refractivity contribution in [1.29, 1.82) is 0 Å². The lowest BCUT2D eigenvalue weighted by Crippen LogP contribution is -2.36. The largest absolute Gasteiger partial charge is 0.329 e. The van der Waals surface area contributed by atoms with E-state index in [1.807, 2.05) is 6.07 Å². The fourth-order valence-corrected chi connectivity index (χ4v) is 2.69. The van der Waals surface area contributed by atoms with E-state index in [9.17, 15) is 0 Å². The van der Waals surface area contributed by atoms with Crippen LogP contribution in [-0.2, 0) is 0 Å². The van der Waals surface area contributed by atoms with Crippen LogP contribution >= 0.6 is 0 Å². The molecule has 1 aromatic heterocycles. The van der Waals surface area contributed by atoms with Crippen molar-refractivity contribution in [2.24, 2.45) is 11.7 Å². The molecule has 1 aromatic rings. The standard InChI is InChI=1S/C12H20N4/c1-9-5-10(2)16(7-9)12(6-13)11-3-4-14-8-15-11/h3-4,8-10,12H,5-7,13H2,1-2H3. The maximum Gasteiger partial charge on any atom is 0.115 e. The first-order valence-electron chi connectivity index (χ1n) is 5.94. The Morgan fingerprint density at radius 1 is 1.56 bits per heavy atom. The molecule has 2 N–H and O–H groups in total. The zero-order valence-electron chi connectivity index (χ0n) is 10.0. The SMILES string of the molecule is CC1CC(C)N(C(CN)c2ccncn2)C1. The van der Waals surface area contributed by atoms with Crippen LogP contribution in [0.4, 0.5) is 0 Å². The second-order valence-electron chi connectivity index (χ2n) is 4.77. The molecule has 1 fully saturated rings. The van der Waals surface area contributed by atoms with Gasteiger partial charge in [0.05, 0.1) is 11.7 Å². The summed E-state index contributed by atoms with van der Waals surface area (Å²) in [5.41, 5.74) is 6.93. The molecule has 0 amide bonds. The highest BCUT2D eigenvalue weighted by Crippen LogP contribution is 2.30. The second kappa shape index (κ2) is 4.89. The summed E-state index contributed by atoms with van der Waals surface area (Å²) in [6.45, 7) is 6.30. The Morgan fingerprint density at radius 3 is 2.88 bits per heavy atom. The van der Waals surface area contributed by atoms with Gasteiger partial charge < -0.3 is 5.73 Å². The van der Waals surface area contributed by atoms with Gasteiger partial charge in [0, 0.05) is 25.3 Å². The highest BCUT2D eigenvalue weighted by molar-refractivity contribution is 5.07. The van der Waals surface area contributed by atoms with E-state index < -0.39 is 0 Å². The van der Waals surface area contributed by atoms with E-state index in [-0.39, 0.29) is 6.04 Å². The average Bonchev–Trinajstić information content (AvgIpc) is 2.61. The molecule has 88 valence electrons. The van der Waals surface area contributed by atoms with Crippen LogP contribution in [0.2, 0.25) is 0 Å². The molecule has 0 spiro atoms. The predicted octanol–water partition coefficient (Wildman–Crippen LogP) is 1.21. The van der Waals surface area contributed by atoms with Crippen molar-refractivity contribution in [1.82, 2.24) is 14.9 Å². The Morgan fingerprint density at radius 2 is 2.38 bits per heavy atom. The third kappa shape index (κ3) is 2.23. The predicted molar refractivity (Wildman–Crippen MR) is 63.8 cm³/mol. The average molecular weight is 220 g/mol. The molecule has 3 atom stereocenters. The molecule has 1 aliphatic rings. The molecule has 0 saturated carbocycles. The molecule has 2 heterocycles. The first-order valence-corrected chi connectivity index (χ1v) is 5.94. The molecule has 1 saturated heterocycles. The Bertz CT molecular complexity index is 327. The zero-order chi connectivity index (χ0) is 11.5. The van der Waals surface area contributed by atoms with Gasteiger partial charge in [-0.2, -0.15) is 0 Å². The number of rotatable bonds is 3. The van der Waals surface area contributed by atoms with Crippen molar-refractivity contribution in [2.45, 2.75) is 32.4 Å². The number of hydrogen-bond acceptors (Lipinski definition) is 4. The van der Waals surface area contributed by atoms with Crippen LogP contribution in [0.3, 0.4) is 0 Å². The molecule has 4 nitrogen and oxygen atoms in total. The van der Waals surface area contributed by atoms with Crippen molar-refractivity contribution in [2.75, 3.05) is 13.1 Å². The molecule has 4 heteroatoms. The first kappa shape index (κ1) is 11.5. The molecule has 1 aliphatic heterocycles. The molecule has 2 rings (SSSR count). The Kier molecular flexibility index (Phi) is 3.51. The lowest BCUT2D eigenvalue weighted by Gasteiger charge is -2.29. The lowest BCUT2D eigenvalue weighted by molar-refractivity contribution is 0.188. The maximum atomic E-state index is 5.89. The summed E-state index contributed by atoms with van der Waals surface area (Å²) in [4.78, 5) is 10.7. The van der Waals surface area contributed by atoms with E-state index in [2.05, 4.69) is 28.7 Å². The summed E-state index contributed by atoms with van der Waals surface area (Å²) >= 11 is 0. The summed E-state index contributed by atoms with van der Waals surface area (Å²) < 4.78 is 0. The van der Waals surface area contributed by atoms with Gasteiger partial charge in [0.25, 0.3) is 0 Å². The van der Waals surface area contributed by atoms with Gasteiger partial charge >= 0.3 is 0 Å². The van der Waals surface area contributed by atoms with E-state index in [4.69, 9.17) is 5.73 Å². The van der Waals surface area contributed by atoms with Crippen LogP contribution < -0.4 is 5.73 Å². The van der Waals surface area contributed by atoms with Crippen molar-refractivity contribution >= 4 is 0 Å². The van der Waals surface area contributed by atoms with Crippen molar-refractivity contribution < 1.29 is 0 Å². The fourth-order valence-electron chi connectivity index (χ4n) is 2.69. The van der Waals surface area contributed by atoms with Crippen LogP contribution in [0.5, 0.6) is 0 Å². The summed E-state index contributed by atoms with van der Waals surface area (Å²) in [7, 11) is 0. The van der Waals surface area contributed by atoms with E-state index in [1.54, 1.807) is 12.5 Å². The summed E-state index contributed by atoms with van der Waals surface area (Å²) in [5, 5.41) is 0. The highest BCUT2D eigenvalue weighted by atomic mass is 15.2. The van der Waals surface area contributed by atoms with E-state index in [1.165, 1.54) is 6.42 Å². The normalized spacial score (nSPS) is 28.2. The number of likely N-dealkylation sites (tertiary alicyclic amines) is 1. The monoisotopic (exact) mass is 220 g/mol. The summed E-state index contributed by atoms with van der Waals surface area (Å²) in [5.74, 6) is 0.755. The minimum Gasteiger partial charge on any atom is -0.329 e. The number of hydrogen-bond donors (Lipinski definition) is 1. The van der Waals surface area contributed by atoms with Crippen molar-refractivity contribution in [3.05, 3.63) is 24.3 Å². The van der Waals surface area contributed by atoms with Gasteiger partial charge in [-0.25, -0.2) is 9.97 Å². The van der Waals surface area contributed by atoms with Crippen LogP contribution in [0.15, 0.2) is 18.6 Å². The van der Waals surface area contributed by atoms with E-state index >= 15 is 0 Å². The Hall–Kier alpha value is -1.00. The van der Waals surface area contributed by atoms with Gasteiger partial charge in [-0.3, -0.25) is 4.90 Å². The van der Waals surface area contributed by atoms with Crippen molar-refractivity contribution in [3.63, 3.8) is 0 Å². The molecule has 16 heavy (non-hydrogen) atoms. The molecule has 0 bridgehead atoms. The summed E-state index contributed by atoms with van der Waals surface area (Å²) in [6, 6.07) is 2.80.